The number of carbonyl (C=O) groups excluding carboxylic acids is 1. The smallest absolute Gasteiger partial charge is 0.231 e. The summed E-state index contributed by atoms with van der Waals surface area (Å²) in [5, 5.41) is 15.5. The highest BCUT2D eigenvalue weighted by Gasteiger charge is 2.11. The van der Waals surface area contributed by atoms with E-state index in [2.05, 4.69) is 20.6 Å². The van der Waals surface area contributed by atoms with Crippen LogP contribution < -0.4 is 14.8 Å². The highest BCUT2D eigenvalue weighted by molar-refractivity contribution is 5.78. The lowest BCUT2D eigenvalue weighted by molar-refractivity contribution is -0.120. The van der Waals surface area contributed by atoms with Crippen LogP contribution in [-0.2, 0) is 11.2 Å². The molecule has 1 amide bonds. The van der Waals surface area contributed by atoms with Crippen molar-refractivity contribution >= 4 is 11.6 Å². The molecule has 2 aromatic heterocycles. The number of rotatable bonds is 8. The molecule has 158 valence electrons. The standard InChI is InChI=1S/C22H20FN5O3/c1-30-18-4-2-3-16(14-18)22-26-25-19-9-10-21(27-28(19)22)31-12-11-24-20(29)13-15-5-7-17(23)8-6-15/h2-10,14H,11-13H2,1H3,(H,24,29). The third kappa shape index (κ3) is 4.95. The zero-order valence-corrected chi connectivity index (χ0v) is 16.8. The normalized spacial score (nSPS) is 10.8. The molecule has 2 aromatic carbocycles. The number of methoxy groups -OCH3 is 1. The van der Waals surface area contributed by atoms with Crippen molar-refractivity contribution in [1.82, 2.24) is 25.1 Å². The summed E-state index contributed by atoms with van der Waals surface area (Å²) < 4.78 is 25.4. The van der Waals surface area contributed by atoms with Crippen molar-refractivity contribution in [3.8, 4) is 23.0 Å². The minimum Gasteiger partial charge on any atom is -0.497 e. The number of ether oxygens (including phenoxy) is 2. The van der Waals surface area contributed by atoms with Gasteiger partial charge in [0.2, 0.25) is 11.8 Å². The highest BCUT2D eigenvalue weighted by atomic mass is 19.1. The maximum atomic E-state index is 12.9. The van der Waals surface area contributed by atoms with Crippen LogP contribution in [0.2, 0.25) is 0 Å². The van der Waals surface area contributed by atoms with E-state index in [1.54, 1.807) is 35.9 Å². The van der Waals surface area contributed by atoms with E-state index in [-0.39, 0.29) is 24.8 Å². The number of halogens is 1. The fourth-order valence-corrected chi connectivity index (χ4v) is 2.99. The quantitative estimate of drug-likeness (QED) is 0.440. The van der Waals surface area contributed by atoms with Crippen LogP contribution in [0.3, 0.4) is 0 Å². The molecule has 2 heterocycles. The largest absolute Gasteiger partial charge is 0.497 e. The Bertz CT molecular complexity index is 1190. The molecule has 0 saturated carbocycles. The highest BCUT2D eigenvalue weighted by Crippen LogP contribution is 2.23. The maximum absolute atomic E-state index is 12.9. The topological polar surface area (TPSA) is 90.6 Å². The summed E-state index contributed by atoms with van der Waals surface area (Å²) >= 11 is 0. The molecule has 0 aliphatic heterocycles. The Hall–Kier alpha value is -4.01. The van der Waals surface area contributed by atoms with Gasteiger partial charge in [0.05, 0.1) is 20.1 Å². The molecule has 0 unspecified atom stereocenters. The van der Waals surface area contributed by atoms with E-state index in [0.717, 1.165) is 11.1 Å². The van der Waals surface area contributed by atoms with Crippen LogP contribution in [-0.4, -0.2) is 46.0 Å². The van der Waals surface area contributed by atoms with Crippen molar-refractivity contribution < 1.29 is 18.7 Å². The molecule has 0 saturated heterocycles. The van der Waals surface area contributed by atoms with Gasteiger partial charge >= 0.3 is 0 Å². The Balaban J connectivity index is 1.35. The molecule has 9 heteroatoms. The van der Waals surface area contributed by atoms with Crippen LogP contribution in [0, 0.1) is 5.82 Å². The first-order valence-electron chi connectivity index (χ1n) is 9.63. The predicted octanol–water partition coefficient (Wildman–Crippen LogP) is 2.68. The summed E-state index contributed by atoms with van der Waals surface area (Å²) in [6.45, 7) is 0.551. The summed E-state index contributed by atoms with van der Waals surface area (Å²) in [5.41, 5.74) is 2.13. The van der Waals surface area contributed by atoms with Crippen molar-refractivity contribution in [2.75, 3.05) is 20.3 Å². The number of carbonyl (C=O) groups is 1. The molecule has 31 heavy (non-hydrogen) atoms. The van der Waals surface area contributed by atoms with Crippen molar-refractivity contribution in [3.63, 3.8) is 0 Å². The van der Waals surface area contributed by atoms with Gasteiger partial charge in [-0.15, -0.1) is 15.3 Å². The van der Waals surface area contributed by atoms with E-state index >= 15 is 0 Å². The Morgan fingerprint density at radius 1 is 1.10 bits per heavy atom. The van der Waals surface area contributed by atoms with Crippen LogP contribution >= 0.6 is 0 Å². The van der Waals surface area contributed by atoms with E-state index in [1.165, 1.54) is 12.1 Å². The van der Waals surface area contributed by atoms with Gasteiger partial charge in [-0.25, -0.2) is 4.39 Å². The summed E-state index contributed by atoms with van der Waals surface area (Å²) in [6.07, 6.45) is 0.176. The first-order chi connectivity index (χ1) is 15.1. The Morgan fingerprint density at radius 2 is 1.94 bits per heavy atom. The molecule has 0 spiro atoms. The third-order valence-electron chi connectivity index (χ3n) is 4.52. The molecular formula is C22H20FN5O3. The van der Waals surface area contributed by atoms with Gasteiger partial charge in [0.1, 0.15) is 18.2 Å². The van der Waals surface area contributed by atoms with Crippen molar-refractivity contribution in [3.05, 3.63) is 72.0 Å². The van der Waals surface area contributed by atoms with Gasteiger partial charge < -0.3 is 14.8 Å². The second kappa shape index (κ2) is 9.21. The molecule has 0 atom stereocenters. The van der Waals surface area contributed by atoms with Gasteiger partial charge in [-0.2, -0.15) is 4.52 Å². The Morgan fingerprint density at radius 3 is 2.74 bits per heavy atom. The fourth-order valence-electron chi connectivity index (χ4n) is 2.99. The number of fused-ring (bicyclic) bond motifs is 1. The zero-order valence-electron chi connectivity index (χ0n) is 16.8. The summed E-state index contributed by atoms with van der Waals surface area (Å²) in [4.78, 5) is 12.0. The van der Waals surface area contributed by atoms with Gasteiger partial charge in [-0.05, 0) is 35.9 Å². The van der Waals surface area contributed by atoms with Crippen molar-refractivity contribution in [1.29, 1.82) is 0 Å². The lowest BCUT2D eigenvalue weighted by Crippen LogP contribution is -2.29. The lowest BCUT2D eigenvalue weighted by atomic mass is 10.1. The second-order valence-corrected chi connectivity index (χ2v) is 6.70. The number of hydrogen-bond donors (Lipinski definition) is 1. The van der Waals surface area contributed by atoms with Crippen LogP contribution in [0.5, 0.6) is 11.6 Å². The lowest BCUT2D eigenvalue weighted by Gasteiger charge is -2.08. The Kier molecular flexibility index (Phi) is 6.02. The first kappa shape index (κ1) is 20.3. The molecule has 4 rings (SSSR count). The van der Waals surface area contributed by atoms with Gasteiger partial charge in [0.15, 0.2) is 11.5 Å². The predicted molar refractivity (Wildman–Crippen MR) is 111 cm³/mol. The van der Waals surface area contributed by atoms with E-state index in [9.17, 15) is 9.18 Å². The van der Waals surface area contributed by atoms with E-state index in [0.29, 0.717) is 29.6 Å². The third-order valence-corrected chi connectivity index (χ3v) is 4.52. The van der Waals surface area contributed by atoms with Crippen LogP contribution in [0.15, 0.2) is 60.7 Å². The number of benzene rings is 2. The molecule has 0 fully saturated rings. The molecule has 0 bridgehead atoms. The number of nitrogens with one attached hydrogen (secondary N) is 1. The molecule has 8 nitrogen and oxygen atoms in total. The SMILES string of the molecule is COc1cccc(-c2nnc3ccc(OCCNC(=O)Cc4ccc(F)cc4)nn23)c1. The molecular weight excluding hydrogens is 401 g/mol. The summed E-state index contributed by atoms with van der Waals surface area (Å²) in [5.74, 6) is 1.15. The van der Waals surface area contributed by atoms with Gasteiger partial charge in [-0.1, -0.05) is 24.3 Å². The minimum absolute atomic E-state index is 0.169. The molecule has 1 N–H and O–H groups in total. The number of hydrogen-bond acceptors (Lipinski definition) is 6. The second-order valence-electron chi connectivity index (χ2n) is 6.70. The molecule has 4 aromatic rings. The van der Waals surface area contributed by atoms with E-state index in [4.69, 9.17) is 9.47 Å². The number of amides is 1. The number of aromatic nitrogens is 4. The average molecular weight is 421 g/mol. The summed E-state index contributed by atoms with van der Waals surface area (Å²) in [7, 11) is 1.60. The minimum atomic E-state index is -0.329. The van der Waals surface area contributed by atoms with E-state index < -0.39 is 0 Å². The molecule has 0 radical (unpaired) electrons. The van der Waals surface area contributed by atoms with Crippen LogP contribution in [0.25, 0.3) is 17.0 Å². The molecule has 0 aliphatic carbocycles. The maximum Gasteiger partial charge on any atom is 0.231 e. The monoisotopic (exact) mass is 421 g/mol. The van der Waals surface area contributed by atoms with Crippen LogP contribution in [0.4, 0.5) is 4.39 Å². The molecule has 0 aliphatic rings. The fraction of sp³-hybridized carbons (Fsp3) is 0.182. The number of nitrogens with zero attached hydrogens (tertiary/aromatic N) is 4. The van der Waals surface area contributed by atoms with Crippen LogP contribution in [0.1, 0.15) is 5.56 Å². The average Bonchev–Trinajstić information content (AvgIpc) is 3.22. The summed E-state index contributed by atoms with van der Waals surface area (Å²) in [6, 6.07) is 16.7. The van der Waals surface area contributed by atoms with Gasteiger partial charge in [0, 0.05) is 11.6 Å². The van der Waals surface area contributed by atoms with E-state index in [1.807, 2.05) is 24.3 Å². The van der Waals surface area contributed by atoms with Crippen molar-refractivity contribution in [2.24, 2.45) is 0 Å². The zero-order chi connectivity index (χ0) is 21.6. The van der Waals surface area contributed by atoms with Crippen molar-refractivity contribution in [2.45, 2.75) is 6.42 Å². The van der Waals surface area contributed by atoms with Gasteiger partial charge in [-0.3, -0.25) is 4.79 Å². The van der Waals surface area contributed by atoms with Gasteiger partial charge in [0.25, 0.3) is 0 Å². The Labute approximate surface area is 177 Å². The first-order valence-corrected chi connectivity index (χ1v) is 9.63.